The smallest absolute Gasteiger partial charge is 0.240 e. The first-order valence-corrected chi connectivity index (χ1v) is 8.13. The molecule has 0 spiro atoms. The highest BCUT2D eigenvalue weighted by Crippen LogP contribution is 2.21. The molecular formula is C13H16ClN3O3S. The number of nitrogens with zero attached hydrogens (tertiary/aromatic N) is 1. The Morgan fingerprint density at radius 2 is 2.05 bits per heavy atom. The van der Waals surface area contributed by atoms with Crippen molar-refractivity contribution >= 4 is 21.6 Å². The minimum Gasteiger partial charge on any atom is -0.361 e. The number of halogens is 1. The summed E-state index contributed by atoms with van der Waals surface area (Å²) in [5, 5.41) is 7.10. The molecule has 0 aliphatic heterocycles. The number of benzene rings is 1. The predicted octanol–water partition coefficient (Wildman–Crippen LogP) is 1.83. The number of rotatable bonds is 6. The Balaban J connectivity index is 2.13. The number of hydrogen-bond donors (Lipinski definition) is 2. The van der Waals surface area contributed by atoms with Gasteiger partial charge < -0.3 is 9.84 Å². The van der Waals surface area contributed by atoms with Gasteiger partial charge >= 0.3 is 0 Å². The van der Waals surface area contributed by atoms with Crippen LogP contribution in [0.4, 0.5) is 0 Å². The van der Waals surface area contributed by atoms with Crippen LogP contribution in [-0.2, 0) is 23.1 Å². The standard InChI is InChI=1S/C13H16ClN3O3S/c1-9-5-11(17-20-9)8-16-21(18,19)12-4-3-10(7-15-2)13(14)6-12/h3-6,15-16H,7-8H2,1-2H3. The van der Waals surface area contributed by atoms with Gasteiger partial charge in [0.25, 0.3) is 0 Å². The Kier molecular flexibility index (Phi) is 5.00. The maximum absolute atomic E-state index is 12.2. The van der Waals surface area contributed by atoms with E-state index in [1.807, 2.05) is 0 Å². The summed E-state index contributed by atoms with van der Waals surface area (Å²) in [4.78, 5) is 0.118. The molecular weight excluding hydrogens is 314 g/mol. The maximum Gasteiger partial charge on any atom is 0.240 e. The van der Waals surface area contributed by atoms with Crippen molar-refractivity contribution in [2.45, 2.75) is 24.9 Å². The van der Waals surface area contributed by atoms with Crippen LogP contribution in [0.5, 0.6) is 0 Å². The fraction of sp³-hybridized carbons (Fsp3) is 0.308. The number of hydrogen-bond acceptors (Lipinski definition) is 5. The second-order valence-electron chi connectivity index (χ2n) is 4.54. The van der Waals surface area contributed by atoms with Crippen LogP contribution in [0.1, 0.15) is 17.0 Å². The van der Waals surface area contributed by atoms with Gasteiger partial charge in [-0.25, -0.2) is 13.1 Å². The van der Waals surface area contributed by atoms with Gasteiger partial charge in [-0.1, -0.05) is 22.8 Å². The van der Waals surface area contributed by atoms with E-state index in [1.54, 1.807) is 26.1 Å². The molecule has 2 rings (SSSR count). The van der Waals surface area contributed by atoms with Gasteiger partial charge in [-0.3, -0.25) is 0 Å². The minimum atomic E-state index is -3.64. The van der Waals surface area contributed by atoms with E-state index in [-0.39, 0.29) is 11.4 Å². The summed E-state index contributed by atoms with van der Waals surface area (Å²) < 4.78 is 31.7. The summed E-state index contributed by atoms with van der Waals surface area (Å²) >= 11 is 6.08. The largest absolute Gasteiger partial charge is 0.361 e. The number of sulfonamides is 1. The van der Waals surface area contributed by atoms with Crippen LogP contribution in [-0.4, -0.2) is 20.6 Å². The highest BCUT2D eigenvalue weighted by Gasteiger charge is 2.16. The van der Waals surface area contributed by atoms with Gasteiger partial charge in [-0.15, -0.1) is 0 Å². The minimum absolute atomic E-state index is 0.0650. The van der Waals surface area contributed by atoms with Gasteiger partial charge in [0, 0.05) is 17.6 Å². The first-order chi connectivity index (χ1) is 9.92. The molecule has 6 nitrogen and oxygen atoms in total. The van der Waals surface area contributed by atoms with Crippen molar-refractivity contribution in [1.82, 2.24) is 15.2 Å². The van der Waals surface area contributed by atoms with E-state index in [4.69, 9.17) is 16.1 Å². The molecule has 0 fully saturated rings. The van der Waals surface area contributed by atoms with Crippen molar-refractivity contribution in [1.29, 1.82) is 0 Å². The van der Waals surface area contributed by atoms with Gasteiger partial charge in [0.2, 0.25) is 10.0 Å². The van der Waals surface area contributed by atoms with Crippen molar-refractivity contribution < 1.29 is 12.9 Å². The number of aromatic nitrogens is 1. The highest BCUT2D eigenvalue weighted by molar-refractivity contribution is 7.89. The van der Waals surface area contributed by atoms with E-state index in [9.17, 15) is 8.42 Å². The van der Waals surface area contributed by atoms with Crippen LogP contribution in [0.2, 0.25) is 5.02 Å². The first kappa shape index (κ1) is 16.0. The Labute approximate surface area is 128 Å². The molecule has 0 aliphatic carbocycles. The average molecular weight is 330 g/mol. The van der Waals surface area contributed by atoms with Crippen LogP contribution < -0.4 is 10.0 Å². The van der Waals surface area contributed by atoms with Crippen LogP contribution in [0.3, 0.4) is 0 Å². The third kappa shape index (κ3) is 4.04. The molecule has 0 atom stereocenters. The van der Waals surface area contributed by atoms with E-state index < -0.39 is 10.0 Å². The van der Waals surface area contributed by atoms with Gasteiger partial charge in [0.05, 0.1) is 17.1 Å². The molecule has 1 heterocycles. The van der Waals surface area contributed by atoms with Crippen LogP contribution >= 0.6 is 11.6 Å². The SMILES string of the molecule is CNCc1ccc(S(=O)(=O)NCc2cc(C)on2)cc1Cl. The summed E-state index contributed by atoms with van der Waals surface area (Å²) in [6.45, 7) is 2.38. The summed E-state index contributed by atoms with van der Waals surface area (Å²) in [6, 6.07) is 6.32. The summed E-state index contributed by atoms with van der Waals surface area (Å²) in [7, 11) is -1.85. The third-order valence-electron chi connectivity index (χ3n) is 2.82. The average Bonchev–Trinajstić information content (AvgIpc) is 2.85. The number of aryl methyl sites for hydroxylation is 1. The lowest BCUT2D eigenvalue weighted by Gasteiger charge is -2.08. The lowest BCUT2D eigenvalue weighted by molar-refractivity contribution is 0.390. The van der Waals surface area contributed by atoms with Crippen molar-refractivity contribution in [2.24, 2.45) is 0 Å². The zero-order valence-electron chi connectivity index (χ0n) is 11.7. The van der Waals surface area contributed by atoms with Crippen molar-refractivity contribution in [2.75, 3.05) is 7.05 Å². The second-order valence-corrected chi connectivity index (χ2v) is 6.71. The molecule has 0 unspecified atom stereocenters. The lowest BCUT2D eigenvalue weighted by atomic mass is 10.2. The molecule has 0 saturated carbocycles. The molecule has 21 heavy (non-hydrogen) atoms. The predicted molar refractivity (Wildman–Crippen MR) is 79.5 cm³/mol. The van der Waals surface area contributed by atoms with Crippen LogP contribution in [0.25, 0.3) is 0 Å². The van der Waals surface area contributed by atoms with Gasteiger partial charge in [-0.05, 0) is 31.7 Å². The van der Waals surface area contributed by atoms with Gasteiger partial charge in [-0.2, -0.15) is 0 Å². The zero-order chi connectivity index (χ0) is 15.5. The molecule has 8 heteroatoms. The molecule has 114 valence electrons. The van der Waals surface area contributed by atoms with Crippen molar-refractivity contribution in [3.05, 3.63) is 46.3 Å². The second kappa shape index (κ2) is 6.57. The molecule has 0 saturated heterocycles. The Hall–Kier alpha value is -1.41. The lowest BCUT2D eigenvalue weighted by Crippen LogP contribution is -2.23. The van der Waals surface area contributed by atoms with Gasteiger partial charge in [0.1, 0.15) is 5.76 Å². The van der Waals surface area contributed by atoms with Crippen molar-refractivity contribution in [3.63, 3.8) is 0 Å². The summed E-state index contributed by atoms with van der Waals surface area (Å²) in [5.74, 6) is 0.628. The molecule has 2 aromatic rings. The van der Waals surface area contributed by atoms with Gasteiger partial charge in [0.15, 0.2) is 0 Å². The van der Waals surface area contributed by atoms with E-state index in [2.05, 4.69) is 15.2 Å². The molecule has 0 aliphatic rings. The Morgan fingerprint density at radius 1 is 1.29 bits per heavy atom. The highest BCUT2D eigenvalue weighted by atomic mass is 35.5. The first-order valence-electron chi connectivity index (χ1n) is 6.27. The van der Waals surface area contributed by atoms with E-state index >= 15 is 0 Å². The topological polar surface area (TPSA) is 84.2 Å². The molecule has 1 aromatic heterocycles. The summed E-state index contributed by atoms with van der Waals surface area (Å²) in [6.07, 6.45) is 0. The maximum atomic E-state index is 12.2. The van der Waals surface area contributed by atoms with E-state index in [0.717, 1.165) is 5.56 Å². The molecule has 0 amide bonds. The molecule has 0 radical (unpaired) electrons. The zero-order valence-corrected chi connectivity index (χ0v) is 13.3. The normalized spacial score (nSPS) is 11.8. The fourth-order valence-corrected chi connectivity index (χ4v) is 3.12. The molecule has 1 aromatic carbocycles. The third-order valence-corrected chi connectivity index (χ3v) is 4.57. The molecule has 2 N–H and O–H groups in total. The molecule has 0 bridgehead atoms. The monoisotopic (exact) mass is 329 g/mol. The fourth-order valence-electron chi connectivity index (χ4n) is 1.78. The summed E-state index contributed by atoms with van der Waals surface area (Å²) in [5.41, 5.74) is 1.36. The van der Waals surface area contributed by atoms with Crippen LogP contribution in [0.15, 0.2) is 33.7 Å². The Bertz CT molecular complexity index is 728. The van der Waals surface area contributed by atoms with E-state index in [1.165, 1.54) is 12.1 Å². The van der Waals surface area contributed by atoms with Crippen molar-refractivity contribution in [3.8, 4) is 0 Å². The quantitative estimate of drug-likeness (QED) is 0.844. The Morgan fingerprint density at radius 3 is 2.62 bits per heavy atom. The van der Waals surface area contributed by atoms with Crippen LogP contribution in [0, 0.1) is 6.92 Å². The van der Waals surface area contributed by atoms with E-state index in [0.29, 0.717) is 23.0 Å². The number of nitrogens with one attached hydrogen (secondary N) is 2.